The maximum Gasteiger partial charge on any atom is 0.340 e. The van der Waals surface area contributed by atoms with Crippen LogP contribution in [0.5, 0.6) is 11.5 Å². The summed E-state index contributed by atoms with van der Waals surface area (Å²) in [6.45, 7) is 3.32. The van der Waals surface area contributed by atoms with Gasteiger partial charge in [-0.05, 0) is 60.9 Å². The lowest BCUT2D eigenvalue weighted by molar-refractivity contribution is -0.140. The number of ether oxygens (including phenoxy) is 1. The van der Waals surface area contributed by atoms with Crippen LogP contribution in [0.4, 0.5) is 13.2 Å². The lowest BCUT2D eigenvalue weighted by atomic mass is 9.97. The van der Waals surface area contributed by atoms with Crippen molar-refractivity contribution in [2.24, 2.45) is 5.16 Å². The molecular formula is C24H19F3N2O4. The first-order valence-corrected chi connectivity index (χ1v) is 10.0. The molecule has 0 atom stereocenters. The molecule has 0 unspecified atom stereocenters. The molecule has 1 aliphatic rings. The summed E-state index contributed by atoms with van der Waals surface area (Å²) in [5.74, 6) is -2.85. The van der Waals surface area contributed by atoms with E-state index in [0.717, 1.165) is 23.8 Å². The minimum Gasteiger partial charge on any atom is -0.506 e. The van der Waals surface area contributed by atoms with E-state index in [1.54, 1.807) is 26.0 Å². The maximum absolute atomic E-state index is 15.0. The number of aromatic hydroxyl groups is 1. The standard InChI is InChI=1S/C24H19F3N2O4/c1-12-5-21(32-11-18-10-22(31)33-29-18)23(27)13(2)19(12)9-17-3-4-20(30)24(28-17)14-6-15(25)8-16(26)7-14/h3-8,30H,9-11H2,1-2H3. The third-order valence-electron chi connectivity index (χ3n) is 5.27. The number of carbonyl (C=O) groups excluding carboxylic acids is 1. The molecule has 2 aromatic carbocycles. The zero-order valence-corrected chi connectivity index (χ0v) is 17.8. The van der Waals surface area contributed by atoms with Crippen LogP contribution >= 0.6 is 0 Å². The molecule has 170 valence electrons. The number of oxime groups is 1. The second kappa shape index (κ2) is 8.93. The largest absolute Gasteiger partial charge is 0.506 e. The van der Waals surface area contributed by atoms with Crippen LogP contribution in [0.15, 0.2) is 41.6 Å². The highest BCUT2D eigenvalue weighted by Gasteiger charge is 2.20. The number of halogens is 3. The molecule has 0 bridgehead atoms. The average Bonchev–Trinajstić information content (AvgIpc) is 3.18. The number of hydrogen-bond donors (Lipinski definition) is 1. The Balaban J connectivity index is 1.60. The van der Waals surface area contributed by atoms with Gasteiger partial charge >= 0.3 is 5.97 Å². The molecule has 0 saturated heterocycles. The van der Waals surface area contributed by atoms with Crippen LogP contribution in [0.1, 0.15) is 28.8 Å². The molecule has 0 fully saturated rings. The fraction of sp³-hybridized carbons (Fsp3) is 0.208. The number of benzene rings is 2. The normalized spacial score (nSPS) is 13.1. The van der Waals surface area contributed by atoms with Crippen LogP contribution < -0.4 is 4.74 Å². The molecule has 0 spiro atoms. The number of pyridine rings is 1. The molecule has 2 heterocycles. The van der Waals surface area contributed by atoms with Gasteiger partial charge in [-0.15, -0.1) is 0 Å². The lowest BCUT2D eigenvalue weighted by Crippen LogP contribution is -2.12. The zero-order chi connectivity index (χ0) is 23.7. The van der Waals surface area contributed by atoms with E-state index < -0.39 is 23.4 Å². The Morgan fingerprint density at radius 1 is 1.09 bits per heavy atom. The number of nitrogens with zero attached hydrogens (tertiary/aromatic N) is 2. The van der Waals surface area contributed by atoms with Gasteiger partial charge in [-0.2, -0.15) is 0 Å². The Kier molecular flexibility index (Phi) is 6.04. The average molecular weight is 456 g/mol. The second-order valence-corrected chi connectivity index (χ2v) is 7.70. The van der Waals surface area contributed by atoms with Crippen molar-refractivity contribution in [3.8, 4) is 22.8 Å². The molecule has 1 aromatic heterocycles. The summed E-state index contributed by atoms with van der Waals surface area (Å²) in [6, 6.07) is 7.36. The number of carbonyl (C=O) groups is 1. The highest BCUT2D eigenvalue weighted by atomic mass is 19.1. The first kappa shape index (κ1) is 22.3. The van der Waals surface area contributed by atoms with E-state index >= 15 is 0 Å². The van der Waals surface area contributed by atoms with Gasteiger partial charge in [0.2, 0.25) is 0 Å². The summed E-state index contributed by atoms with van der Waals surface area (Å²) in [5, 5.41) is 13.7. The molecular weight excluding hydrogens is 437 g/mol. The molecule has 0 radical (unpaired) electrons. The summed E-state index contributed by atoms with van der Waals surface area (Å²) < 4.78 is 47.7. The van der Waals surface area contributed by atoms with E-state index in [2.05, 4.69) is 15.0 Å². The Morgan fingerprint density at radius 2 is 1.82 bits per heavy atom. The topological polar surface area (TPSA) is 81.0 Å². The predicted octanol–water partition coefficient (Wildman–Crippen LogP) is 4.76. The molecule has 9 heteroatoms. The number of rotatable bonds is 6. The molecule has 6 nitrogen and oxygen atoms in total. The van der Waals surface area contributed by atoms with E-state index in [1.807, 2.05) is 0 Å². The maximum atomic E-state index is 15.0. The van der Waals surface area contributed by atoms with Gasteiger partial charge in [-0.25, -0.2) is 22.9 Å². The molecule has 0 aliphatic carbocycles. The summed E-state index contributed by atoms with van der Waals surface area (Å²) in [4.78, 5) is 19.9. The van der Waals surface area contributed by atoms with Crippen molar-refractivity contribution >= 4 is 11.7 Å². The summed E-state index contributed by atoms with van der Waals surface area (Å²) in [7, 11) is 0. The first-order valence-electron chi connectivity index (χ1n) is 10.0. The van der Waals surface area contributed by atoms with Crippen LogP contribution in [0.3, 0.4) is 0 Å². The number of hydrogen-bond acceptors (Lipinski definition) is 6. The highest BCUT2D eigenvalue weighted by molar-refractivity contribution is 6.02. The summed E-state index contributed by atoms with van der Waals surface area (Å²) in [6.07, 6.45) is 0.219. The number of aryl methyl sites for hydroxylation is 1. The van der Waals surface area contributed by atoms with Gasteiger partial charge in [0.25, 0.3) is 0 Å². The van der Waals surface area contributed by atoms with E-state index in [1.165, 1.54) is 6.07 Å². The molecule has 33 heavy (non-hydrogen) atoms. The van der Waals surface area contributed by atoms with Gasteiger partial charge in [0.15, 0.2) is 11.6 Å². The van der Waals surface area contributed by atoms with Crippen LogP contribution in [0.25, 0.3) is 11.3 Å². The summed E-state index contributed by atoms with van der Waals surface area (Å²) in [5.41, 5.74) is 2.70. The molecule has 4 rings (SSSR count). The van der Waals surface area contributed by atoms with E-state index in [9.17, 15) is 23.1 Å². The van der Waals surface area contributed by atoms with Gasteiger partial charge in [-0.1, -0.05) is 5.16 Å². The van der Waals surface area contributed by atoms with Gasteiger partial charge in [0, 0.05) is 23.7 Å². The lowest BCUT2D eigenvalue weighted by Gasteiger charge is -2.15. The van der Waals surface area contributed by atoms with E-state index in [4.69, 9.17) is 4.74 Å². The molecule has 3 aromatic rings. The van der Waals surface area contributed by atoms with Gasteiger partial charge < -0.3 is 14.7 Å². The fourth-order valence-electron chi connectivity index (χ4n) is 3.60. The van der Waals surface area contributed by atoms with Crippen molar-refractivity contribution < 1.29 is 32.6 Å². The molecule has 1 aliphatic heterocycles. The SMILES string of the molecule is Cc1cc(OCC2=NOC(=O)C2)c(F)c(C)c1Cc1ccc(O)c(-c2cc(F)cc(F)c2)n1. The quantitative estimate of drug-likeness (QED) is 0.541. The second-order valence-electron chi connectivity index (χ2n) is 7.70. The smallest absolute Gasteiger partial charge is 0.340 e. The Labute approximate surface area is 187 Å². The van der Waals surface area contributed by atoms with E-state index in [0.29, 0.717) is 22.5 Å². The molecule has 0 saturated carbocycles. The molecule has 0 amide bonds. The van der Waals surface area contributed by atoms with Crippen molar-refractivity contribution in [2.75, 3.05) is 6.61 Å². The number of aromatic nitrogens is 1. The minimum atomic E-state index is -0.791. The van der Waals surface area contributed by atoms with Gasteiger partial charge in [0.1, 0.15) is 35.4 Å². The minimum absolute atomic E-state index is 0.00172. The van der Waals surface area contributed by atoms with Crippen molar-refractivity contribution in [2.45, 2.75) is 26.7 Å². The van der Waals surface area contributed by atoms with Gasteiger partial charge in [0.05, 0.1) is 6.42 Å². The van der Waals surface area contributed by atoms with E-state index in [-0.39, 0.29) is 42.2 Å². The van der Waals surface area contributed by atoms with Crippen LogP contribution in [-0.2, 0) is 16.1 Å². The van der Waals surface area contributed by atoms with Crippen LogP contribution in [0, 0.1) is 31.3 Å². The zero-order valence-electron chi connectivity index (χ0n) is 17.8. The monoisotopic (exact) mass is 456 g/mol. The Morgan fingerprint density at radius 3 is 2.48 bits per heavy atom. The van der Waals surface area contributed by atoms with Crippen molar-refractivity contribution in [1.82, 2.24) is 4.98 Å². The van der Waals surface area contributed by atoms with Crippen molar-refractivity contribution in [3.05, 3.63) is 76.2 Å². The fourth-order valence-corrected chi connectivity index (χ4v) is 3.60. The van der Waals surface area contributed by atoms with Crippen LogP contribution in [-0.4, -0.2) is 28.4 Å². The third-order valence-corrected chi connectivity index (χ3v) is 5.27. The Bertz CT molecular complexity index is 1270. The predicted molar refractivity (Wildman–Crippen MR) is 114 cm³/mol. The van der Waals surface area contributed by atoms with Crippen LogP contribution in [0.2, 0.25) is 0 Å². The third kappa shape index (κ3) is 4.82. The van der Waals surface area contributed by atoms with Crippen molar-refractivity contribution in [1.29, 1.82) is 0 Å². The Hall–Kier alpha value is -3.88. The molecule has 1 N–H and O–H groups in total. The summed E-state index contributed by atoms with van der Waals surface area (Å²) >= 11 is 0. The van der Waals surface area contributed by atoms with Gasteiger partial charge in [-0.3, -0.25) is 0 Å². The first-order chi connectivity index (χ1) is 15.7. The van der Waals surface area contributed by atoms with Crippen molar-refractivity contribution in [3.63, 3.8) is 0 Å². The highest BCUT2D eigenvalue weighted by Crippen LogP contribution is 2.32.